The molecule has 3 heterocycles. The minimum Gasteiger partial charge on any atom is -0.478 e. The van der Waals surface area contributed by atoms with E-state index in [1.54, 1.807) is 18.2 Å². The zero-order valence-corrected chi connectivity index (χ0v) is 17.4. The van der Waals surface area contributed by atoms with Crippen LogP contribution in [0.1, 0.15) is 25.0 Å². The highest BCUT2D eigenvalue weighted by Crippen LogP contribution is 2.33. The third-order valence-corrected chi connectivity index (χ3v) is 5.63. The predicted octanol–water partition coefficient (Wildman–Crippen LogP) is 3.49. The summed E-state index contributed by atoms with van der Waals surface area (Å²) >= 11 is 0. The average molecular weight is 431 g/mol. The lowest BCUT2D eigenvalue weighted by Gasteiger charge is -2.14. The molecule has 1 aliphatic carbocycles. The minimum absolute atomic E-state index is 0.0603. The maximum atomic E-state index is 13.6. The number of H-pyrrole nitrogens is 1. The lowest BCUT2D eigenvalue weighted by Crippen LogP contribution is -2.30. The number of carbonyl (C=O) groups excluding carboxylic acids is 1. The molecule has 1 N–H and O–H groups in total. The molecule has 1 saturated carbocycles. The van der Waals surface area contributed by atoms with Crippen LogP contribution in [0.4, 0.5) is 10.2 Å². The van der Waals surface area contributed by atoms with E-state index in [0.717, 1.165) is 37.7 Å². The van der Waals surface area contributed by atoms with Crippen LogP contribution >= 0.6 is 0 Å². The van der Waals surface area contributed by atoms with Crippen LogP contribution < -0.4 is 4.74 Å². The number of ether oxygens (including phenoxy) is 1. The van der Waals surface area contributed by atoms with E-state index in [9.17, 15) is 9.18 Å². The van der Waals surface area contributed by atoms with Crippen LogP contribution in [-0.2, 0) is 4.79 Å². The van der Waals surface area contributed by atoms with Gasteiger partial charge in [-0.1, -0.05) is 18.1 Å². The fraction of sp³-hybridized carbons (Fsp3) is 0.333. The van der Waals surface area contributed by atoms with E-state index >= 15 is 0 Å². The van der Waals surface area contributed by atoms with Gasteiger partial charge in [0.15, 0.2) is 17.4 Å². The highest BCUT2D eigenvalue weighted by molar-refractivity contribution is 5.89. The molecule has 0 spiro atoms. The summed E-state index contributed by atoms with van der Waals surface area (Å²) in [6.45, 7) is 1.58. The van der Waals surface area contributed by atoms with Crippen molar-refractivity contribution in [2.75, 3.05) is 19.7 Å². The number of nitrogens with one attached hydrogen (secondary N) is 1. The summed E-state index contributed by atoms with van der Waals surface area (Å²) in [7, 11) is 0. The first-order valence-corrected chi connectivity index (χ1v) is 10.7. The molecule has 0 radical (unpaired) electrons. The molecule has 2 aliphatic rings. The number of nitrogens with zero attached hydrogens (tertiary/aromatic N) is 4. The SMILES string of the molecule is O=C(C1CC1)N1CCC(C=Nc2ncnc3[nH]c(C#CCOc4ccccc4F)cc23)C1. The third-order valence-electron chi connectivity index (χ3n) is 5.63. The Bertz CT molecular complexity index is 1240. The van der Waals surface area contributed by atoms with Gasteiger partial charge in [0.25, 0.3) is 0 Å². The molecule has 1 saturated heterocycles. The minimum atomic E-state index is -0.417. The Morgan fingerprint density at radius 1 is 1.31 bits per heavy atom. The van der Waals surface area contributed by atoms with Crippen molar-refractivity contribution >= 4 is 29.0 Å². The van der Waals surface area contributed by atoms with Crippen molar-refractivity contribution in [1.29, 1.82) is 0 Å². The van der Waals surface area contributed by atoms with Crippen LogP contribution in [0.25, 0.3) is 11.0 Å². The van der Waals surface area contributed by atoms with E-state index in [2.05, 4.69) is 31.8 Å². The van der Waals surface area contributed by atoms with Crippen molar-refractivity contribution in [3.63, 3.8) is 0 Å². The number of carbonyl (C=O) groups is 1. The van der Waals surface area contributed by atoms with Gasteiger partial charge < -0.3 is 14.6 Å². The smallest absolute Gasteiger partial charge is 0.225 e. The number of hydrogen-bond acceptors (Lipinski definition) is 5. The quantitative estimate of drug-likeness (QED) is 0.495. The van der Waals surface area contributed by atoms with Crippen molar-refractivity contribution < 1.29 is 13.9 Å². The molecular weight excluding hydrogens is 409 g/mol. The van der Waals surface area contributed by atoms with Gasteiger partial charge in [-0.25, -0.2) is 19.4 Å². The second-order valence-electron chi connectivity index (χ2n) is 8.05. The Morgan fingerprint density at radius 3 is 3.03 bits per heavy atom. The predicted molar refractivity (Wildman–Crippen MR) is 118 cm³/mol. The number of aromatic amines is 1. The lowest BCUT2D eigenvalue weighted by atomic mass is 10.1. The zero-order valence-electron chi connectivity index (χ0n) is 17.4. The topological polar surface area (TPSA) is 83.5 Å². The van der Waals surface area contributed by atoms with Crippen LogP contribution in [0, 0.1) is 29.5 Å². The lowest BCUT2D eigenvalue weighted by molar-refractivity contribution is -0.131. The maximum Gasteiger partial charge on any atom is 0.225 e. The molecule has 2 aromatic heterocycles. The first kappa shape index (κ1) is 20.2. The van der Waals surface area contributed by atoms with Crippen molar-refractivity contribution in [3.8, 4) is 17.6 Å². The van der Waals surface area contributed by atoms with Gasteiger partial charge in [-0.15, -0.1) is 0 Å². The normalized spacial score (nSPS) is 18.2. The summed E-state index contributed by atoms with van der Waals surface area (Å²) in [5, 5.41) is 0.770. The number of likely N-dealkylation sites (tertiary alicyclic amines) is 1. The second kappa shape index (κ2) is 8.79. The zero-order chi connectivity index (χ0) is 21.9. The van der Waals surface area contributed by atoms with Gasteiger partial charge in [0.05, 0.1) is 11.1 Å². The molecule has 1 aromatic carbocycles. The first-order chi connectivity index (χ1) is 15.7. The number of halogens is 1. The summed E-state index contributed by atoms with van der Waals surface area (Å²) in [6.07, 6.45) is 6.33. The molecule has 2 fully saturated rings. The fourth-order valence-electron chi connectivity index (χ4n) is 3.78. The van der Waals surface area contributed by atoms with E-state index in [0.29, 0.717) is 17.2 Å². The summed E-state index contributed by atoms with van der Waals surface area (Å²) in [5.41, 5.74) is 1.29. The summed E-state index contributed by atoms with van der Waals surface area (Å²) in [5.74, 6) is 6.93. The van der Waals surface area contributed by atoms with Gasteiger partial charge >= 0.3 is 0 Å². The molecule has 1 aliphatic heterocycles. The van der Waals surface area contributed by atoms with Crippen molar-refractivity contribution in [2.45, 2.75) is 19.3 Å². The molecule has 3 aromatic rings. The standard InChI is InChI=1S/C24H22FN5O2/c25-20-5-1-2-6-21(20)32-11-3-4-18-12-19-22(27-15-28-23(19)29-18)26-13-16-9-10-30(14-16)24(31)17-7-8-17/h1-2,5-6,12-13,15-17H,7-11,14H2,(H,27,28,29). The molecule has 162 valence electrons. The molecule has 5 rings (SSSR count). The number of rotatable bonds is 5. The number of hydrogen-bond donors (Lipinski definition) is 1. The van der Waals surface area contributed by atoms with Crippen LogP contribution in [0.2, 0.25) is 0 Å². The molecule has 1 unspecified atom stereocenters. The number of amides is 1. The maximum absolute atomic E-state index is 13.6. The van der Waals surface area contributed by atoms with Crippen LogP contribution in [-0.4, -0.2) is 51.7 Å². The Kier molecular flexibility index (Phi) is 5.55. The largest absolute Gasteiger partial charge is 0.478 e. The summed E-state index contributed by atoms with van der Waals surface area (Å²) < 4.78 is 18.9. The van der Waals surface area contributed by atoms with Gasteiger partial charge in [-0.2, -0.15) is 0 Å². The second-order valence-corrected chi connectivity index (χ2v) is 8.05. The Hall–Kier alpha value is -3.73. The first-order valence-electron chi connectivity index (χ1n) is 10.7. The highest BCUT2D eigenvalue weighted by Gasteiger charge is 2.36. The molecule has 32 heavy (non-hydrogen) atoms. The molecule has 0 bridgehead atoms. The van der Waals surface area contributed by atoms with Gasteiger partial charge in [0, 0.05) is 31.1 Å². The monoisotopic (exact) mass is 431 g/mol. The fourth-order valence-corrected chi connectivity index (χ4v) is 3.78. The van der Waals surface area contributed by atoms with Crippen LogP contribution in [0.5, 0.6) is 5.75 Å². The Morgan fingerprint density at radius 2 is 2.19 bits per heavy atom. The van der Waals surface area contributed by atoms with E-state index < -0.39 is 5.82 Å². The van der Waals surface area contributed by atoms with Crippen molar-refractivity contribution in [2.24, 2.45) is 16.8 Å². The van der Waals surface area contributed by atoms with E-state index in [4.69, 9.17) is 4.74 Å². The number of para-hydroxylation sites is 1. The van der Waals surface area contributed by atoms with E-state index in [1.165, 1.54) is 12.4 Å². The van der Waals surface area contributed by atoms with Crippen molar-refractivity contribution in [3.05, 3.63) is 48.2 Å². The summed E-state index contributed by atoms with van der Waals surface area (Å²) in [6, 6.07) is 8.06. The number of fused-ring (bicyclic) bond motifs is 1. The van der Waals surface area contributed by atoms with Crippen LogP contribution in [0.15, 0.2) is 41.7 Å². The van der Waals surface area contributed by atoms with Crippen LogP contribution in [0.3, 0.4) is 0 Å². The average Bonchev–Trinajstić information content (AvgIpc) is 3.39. The van der Waals surface area contributed by atoms with E-state index in [1.807, 2.05) is 17.2 Å². The Labute approximate surface area is 184 Å². The number of aromatic nitrogens is 3. The number of aliphatic imine (C=N–C) groups is 1. The molecule has 7 nitrogen and oxygen atoms in total. The Balaban J connectivity index is 1.24. The third kappa shape index (κ3) is 4.47. The van der Waals surface area contributed by atoms with Gasteiger partial charge in [0.2, 0.25) is 5.91 Å². The molecule has 8 heteroatoms. The molecule has 1 atom stereocenters. The van der Waals surface area contributed by atoms with Gasteiger partial charge in [0.1, 0.15) is 18.6 Å². The molecule has 1 amide bonds. The van der Waals surface area contributed by atoms with Gasteiger partial charge in [-0.3, -0.25) is 4.79 Å². The number of benzene rings is 1. The van der Waals surface area contributed by atoms with Crippen molar-refractivity contribution in [1.82, 2.24) is 19.9 Å². The molecular formula is C24H22FN5O2. The highest BCUT2D eigenvalue weighted by atomic mass is 19.1. The summed E-state index contributed by atoms with van der Waals surface area (Å²) in [4.78, 5) is 30.4. The van der Waals surface area contributed by atoms with E-state index in [-0.39, 0.29) is 30.1 Å². The van der Waals surface area contributed by atoms with Gasteiger partial charge in [-0.05, 0) is 43.4 Å².